The maximum Gasteiger partial charge on any atom is 0.339 e. The van der Waals surface area contributed by atoms with Crippen LogP contribution in [0.2, 0.25) is 0 Å². The molecule has 0 saturated heterocycles. The van der Waals surface area contributed by atoms with Gasteiger partial charge in [-0.15, -0.1) is 0 Å². The van der Waals surface area contributed by atoms with E-state index in [9.17, 15) is 9.59 Å². The molecule has 0 bridgehead atoms. The summed E-state index contributed by atoms with van der Waals surface area (Å²) < 4.78 is 6.89. The lowest BCUT2D eigenvalue weighted by molar-refractivity contribution is -0.116. The molecule has 0 radical (unpaired) electrons. The molecule has 0 aliphatic rings. The number of rotatable bonds is 5. The zero-order chi connectivity index (χ0) is 18.7. The van der Waals surface area contributed by atoms with Gasteiger partial charge in [0.15, 0.2) is 0 Å². The number of esters is 1. The topological polar surface area (TPSA) is 60.3 Å². The first-order valence-electron chi connectivity index (χ1n) is 8.62. The molecule has 0 fully saturated rings. The molecule has 5 heteroatoms. The zero-order valence-corrected chi connectivity index (χ0v) is 15.2. The van der Waals surface area contributed by atoms with Crippen LogP contribution < -0.4 is 5.32 Å². The summed E-state index contributed by atoms with van der Waals surface area (Å²) in [6.45, 7) is 5.94. The number of fused-ring (bicyclic) bond motifs is 1. The van der Waals surface area contributed by atoms with Gasteiger partial charge in [0.1, 0.15) is 6.54 Å². The molecule has 3 rings (SSSR count). The molecule has 0 aliphatic carbocycles. The van der Waals surface area contributed by atoms with Crippen molar-refractivity contribution in [3.63, 3.8) is 0 Å². The predicted molar refractivity (Wildman–Crippen MR) is 102 cm³/mol. The lowest BCUT2D eigenvalue weighted by atomic mass is 10.1. The summed E-state index contributed by atoms with van der Waals surface area (Å²) in [5.74, 6) is -0.501. The van der Waals surface area contributed by atoms with Crippen molar-refractivity contribution < 1.29 is 14.3 Å². The summed E-state index contributed by atoms with van der Waals surface area (Å²) in [5, 5.41) is 5.12. The largest absolute Gasteiger partial charge is 0.462 e. The average Bonchev–Trinajstić information content (AvgIpc) is 2.90. The minimum atomic E-state index is -0.359. The number of carbonyl (C=O) groups is 2. The Morgan fingerprint density at radius 1 is 1.04 bits per heavy atom. The molecular weight excluding hydrogens is 328 g/mol. The van der Waals surface area contributed by atoms with E-state index in [0.29, 0.717) is 12.2 Å². The predicted octanol–water partition coefficient (Wildman–Crippen LogP) is 4.07. The number of aryl methyl sites for hydroxylation is 1. The van der Waals surface area contributed by atoms with Crippen molar-refractivity contribution in [3.05, 3.63) is 65.5 Å². The van der Waals surface area contributed by atoms with Crippen LogP contribution in [0.1, 0.15) is 28.7 Å². The van der Waals surface area contributed by atoms with E-state index in [2.05, 4.69) is 5.32 Å². The highest BCUT2D eigenvalue weighted by Gasteiger charge is 2.18. The minimum absolute atomic E-state index is 0.141. The van der Waals surface area contributed by atoms with Gasteiger partial charge in [-0.3, -0.25) is 4.79 Å². The number of hydrogen-bond donors (Lipinski definition) is 1. The second kappa shape index (κ2) is 7.44. The number of hydrogen-bond acceptors (Lipinski definition) is 3. The number of aromatic nitrogens is 1. The molecule has 1 heterocycles. The van der Waals surface area contributed by atoms with E-state index >= 15 is 0 Å². The normalized spacial score (nSPS) is 10.7. The molecule has 5 nitrogen and oxygen atoms in total. The van der Waals surface area contributed by atoms with E-state index in [1.54, 1.807) is 13.0 Å². The molecule has 26 heavy (non-hydrogen) atoms. The molecule has 0 atom stereocenters. The smallest absolute Gasteiger partial charge is 0.339 e. The van der Waals surface area contributed by atoms with Crippen LogP contribution in [0.15, 0.2) is 48.5 Å². The van der Waals surface area contributed by atoms with Crippen LogP contribution in [-0.2, 0) is 16.1 Å². The Labute approximate surface area is 152 Å². The van der Waals surface area contributed by atoms with Gasteiger partial charge in [-0.1, -0.05) is 30.3 Å². The molecular formula is C21H22N2O3. The van der Waals surface area contributed by atoms with E-state index in [1.807, 2.05) is 60.9 Å². The first-order chi connectivity index (χ1) is 12.5. The molecule has 0 unspecified atom stereocenters. The third kappa shape index (κ3) is 3.61. The van der Waals surface area contributed by atoms with Crippen molar-refractivity contribution in [3.8, 4) is 0 Å². The van der Waals surface area contributed by atoms with Crippen LogP contribution in [0.5, 0.6) is 0 Å². The summed E-state index contributed by atoms with van der Waals surface area (Å²) in [6.07, 6.45) is 0. The molecule has 1 amide bonds. The lowest BCUT2D eigenvalue weighted by Gasteiger charge is -2.11. The molecule has 0 spiro atoms. The molecule has 2 aromatic carbocycles. The van der Waals surface area contributed by atoms with Crippen LogP contribution in [0, 0.1) is 13.8 Å². The van der Waals surface area contributed by atoms with Gasteiger partial charge < -0.3 is 14.6 Å². The number of ether oxygens (including phenoxy) is 1. The summed E-state index contributed by atoms with van der Waals surface area (Å²) in [6, 6.07) is 15.6. The van der Waals surface area contributed by atoms with Gasteiger partial charge in [-0.05, 0) is 49.7 Å². The molecule has 1 N–H and O–H groups in total. The Morgan fingerprint density at radius 3 is 2.50 bits per heavy atom. The maximum atomic E-state index is 12.5. The van der Waals surface area contributed by atoms with E-state index < -0.39 is 0 Å². The van der Waals surface area contributed by atoms with Gasteiger partial charge >= 0.3 is 5.97 Å². The Hall–Kier alpha value is -3.08. The quantitative estimate of drug-likeness (QED) is 0.706. The first-order valence-corrected chi connectivity index (χ1v) is 8.62. The Bertz CT molecular complexity index is 973. The summed E-state index contributed by atoms with van der Waals surface area (Å²) in [5.41, 5.74) is 2.83. The van der Waals surface area contributed by atoms with Crippen LogP contribution in [-0.4, -0.2) is 23.1 Å². The van der Waals surface area contributed by atoms with Gasteiger partial charge in [0.25, 0.3) is 0 Å². The highest BCUT2D eigenvalue weighted by molar-refractivity contribution is 5.95. The van der Waals surface area contributed by atoms with Crippen molar-refractivity contribution in [2.24, 2.45) is 0 Å². The van der Waals surface area contributed by atoms with Gasteiger partial charge in [0.2, 0.25) is 5.91 Å². The maximum absolute atomic E-state index is 12.5. The molecule has 0 saturated carbocycles. The van der Waals surface area contributed by atoms with E-state index in [-0.39, 0.29) is 18.4 Å². The molecule has 3 aromatic rings. The van der Waals surface area contributed by atoms with Crippen LogP contribution in [0.25, 0.3) is 10.8 Å². The van der Waals surface area contributed by atoms with Gasteiger partial charge in [0, 0.05) is 17.1 Å². The fourth-order valence-corrected chi connectivity index (χ4v) is 3.07. The zero-order valence-electron chi connectivity index (χ0n) is 15.2. The number of benzene rings is 2. The van der Waals surface area contributed by atoms with Crippen LogP contribution >= 0.6 is 0 Å². The molecule has 0 aliphatic heterocycles. The molecule has 1 aromatic heterocycles. The number of amides is 1. The van der Waals surface area contributed by atoms with Gasteiger partial charge in [0.05, 0.1) is 12.2 Å². The summed E-state index contributed by atoms with van der Waals surface area (Å²) in [4.78, 5) is 24.5. The van der Waals surface area contributed by atoms with Gasteiger partial charge in [-0.25, -0.2) is 4.79 Å². The Morgan fingerprint density at radius 2 is 1.77 bits per heavy atom. The number of carbonyl (C=O) groups excluding carboxylic acids is 2. The van der Waals surface area contributed by atoms with Gasteiger partial charge in [-0.2, -0.15) is 0 Å². The van der Waals surface area contributed by atoms with E-state index in [1.165, 1.54) is 0 Å². The van der Waals surface area contributed by atoms with Crippen molar-refractivity contribution in [2.75, 3.05) is 11.9 Å². The second-order valence-corrected chi connectivity index (χ2v) is 6.20. The van der Waals surface area contributed by atoms with Crippen molar-refractivity contribution in [1.82, 2.24) is 4.57 Å². The minimum Gasteiger partial charge on any atom is -0.462 e. The van der Waals surface area contributed by atoms with Crippen molar-refractivity contribution in [2.45, 2.75) is 27.3 Å². The van der Waals surface area contributed by atoms with Crippen LogP contribution in [0.3, 0.4) is 0 Å². The standard InChI is InChI=1S/C21H22N2O3/c1-4-26-21(25)19-11-14(2)23(15(19)3)13-20(24)22-18-10-9-16-7-5-6-8-17(16)12-18/h5-12H,4,13H2,1-3H3,(H,22,24). The Balaban J connectivity index is 1.76. The second-order valence-electron chi connectivity index (χ2n) is 6.20. The first kappa shape index (κ1) is 17.7. The van der Waals surface area contributed by atoms with Crippen LogP contribution in [0.4, 0.5) is 5.69 Å². The van der Waals surface area contributed by atoms with Crippen molar-refractivity contribution in [1.29, 1.82) is 0 Å². The summed E-state index contributed by atoms with van der Waals surface area (Å²) in [7, 11) is 0. The summed E-state index contributed by atoms with van der Waals surface area (Å²) >= 11 is 0. The highest BCUT2D eigenvalue weighted by Crippen LogP contribution is 2.20. The Kier molecular flexibility index (Phi) is 5.07. The van der Waals surface area contributed by atoms with Crippen molar-refractivity contribution >= 4 is 28.3 Å². The monoisotopic (exact) mass is 350 g/mol. The SMILES string of the molecule is CCOC(=O)c1cc(C)n(CC(=O)Nc2ccc3ccccc3c2)c1C. The lowest BCUT2D eigenvalue weighted by Crippen LogP contribution is -2.20. The highest BCUT2D eigenvalue weighted by atomic mass is 16.5. The van der Waals surface area contributed by atoms with E-state index in [4.69, 9.17) is 4.74 Å². The number of nitrogens with zero attached hydrogens (tertiary/aromatic N) is 1. The third-order valence-corrected chi connectivity index (χ3v) is 4.40. The average molecular weight is 350 g/mol. The third-order valence-electron chi connectivity index (χ3n) is 4.40. The fourth-order valence-electron chi connectivity index (χ4n) is 3.07. The molecule has 134 valence electrons. The number of anilines is 1. The number of nitrogens with one attached hydrogen (secondary N) is 1. The van der Waals surface area contributed by atoms with E-state index in [0.717, 1.165) is 27.8 Å². The fraction of sp³-hybridized carbons (Fsp3) is 0.238.